The van der Waals surface area contributed by atoms with Gasteiger partial charge in [-0.15, -0.1) is 0 Å². The monoisotopic (exact) mass is 516 g/mol. The number of amides is 1. The molecule has 192 valence electrons. The molecule has 0 unspecified atom stereocenters. The molecule has 2 heterocycles. The quantitative estimate of drug-likeness (QED) is 0.408. The van der Waals surface area contributed by atoms with E-state index in [-0.39, 0.29) is 31.3 Å². The van der Waals surface area contributed by atoms with Crippen LogP contribution in [-0.2, 0) is 21.4 Å². The second-order valence-electron chi connectivity index (χ2n) is 8.01. The predicted molar refractivity (Wildman–Crippen MR) is 132 cm³/mol. The van der Waals surface area contributed by atoms with E-state index in [4.69, 9.17) is 18.7 Å². The Morgan fingerprint density at radius 2 is 1.86 bits per heavy atom. The van der Waals surface area contributed by atoms with E-state index in [1.807, 2.05) is 31.2 Å². The first kappa shape index (κ1) is 25.3. The number of benzene rings is 2. The molecule has 0 aliphatic carbocycles. The molecule has 0 radical (unpaired) electrons. The zero-order valence-corrected chi connectivity index (χ0v) is 20.9. The Balaban J connectivity index is 1.28. The first-order valence-electron chi connectivity index (χ1n) is 11.5. The van der Waals surface area contributed by atoms with Gasteiger partial charge in [0.15, 0.2) is 11.5 Å². The molecule has 0 fully saturated rings. The third kappa shape index (κ3) is 6.45. The maximum Gasteiger partial charge on any atom is 0.246 e. The van der Waals surface area contributed by atoms with Crippen molar-refractivity contribution in [3.63, 3.8) is 0 Å². The Morgan fingerprint density at radius 3 is 2.58 bits per heavy atom. The Labute approximate surface area is 209 Å². The molecule has 1 aliphatic rings. The van der Waals surface area contributed by atoms with Crippen molar-refractivity contribution < 1.29 is 31.9 Å². The van der Waals surface area contributed by atoms with Crippen LogP contribution in [0.15, 0.2) is 47.0 Å². The molecular weight excluding hydrogens is 488 g/mol. The highest BCUT2D eigenvalue weighted by Crippen LogP contribution is 2.34. The molecule has 1 amide bonds. The molecule has 11 nitrogen and oxygen atoms in total. The zero-order chi connectivity index (χ0) is 25.5. The van der Waals surface area contributed by atoms with E-state index in [1.54, 1.807) is 18.2 Å². The fourth-order valence-electron chi connectivity index (χ4n) is 3.63. The largest absolute Gasteiger partial charge is 0.494 e. The summed E-state index contributed by atoms with van der Waals surface area (Å²) in [6.45, 7) is 3.54. The van der Waals surface area contributed by atoms with Crippen LogP contribution in [0.5, 0.6) is 17.2 Å². The van der Waals surface area contributed by atoms with Crippen molar-refractivity contribution in [2.24, 2.45) is 0 Å². The lowest BCUT2D eigenvalue weighted by Gasteiger charge is -2.25. The van der Waals surface area contributed by atoms with Crippen molar-refractivity contribution in [3.05, 3.63) is 48.4 Å². The summed E-state index contributed by atoms with van der Waals surface area (Å²) in [5, 5.41) is 6.67. The fourth-order valence-corrected chi connectivity index (χ4v) is 4.59. The van der Waals surface area contributed by atoms with Gasteiger partial charge in [-0.1, -0.05) is 5.16 Å². The van der Waals surface area contributed by atoms with E-state index < -0.39 is 10.0 Å². The molecule has 12 heteroatoms. The van der Waals surface area contributed by atoms with E-state index in [1.165, 1.54) is 4.31 Å². The van der Waals surface area contributed by atoms with E-state index >= 15 is 0 Å². The second-order valence-corrected chi connectivity index (χ2v) is 9.92. The third-order valence-corrected chi connectivity index (χ3v) is 6.50. The van der Waals surface area contributed by atoms with Crippen molar-refractivity contribution in [2.75, 3.05) is 36.9 Å². The van der Waals surface area contributed by atoms with E-state index in [0.29, 0.717) is 49.3 Å². The van der Waals surface area contributed by atoms with Gasteiger partial charge in [0.2, 0.25) is 27.6 Å². The van der Waals surface area contributed by atoms with Gasteiger partial charge in [0.1, 0.15) is 19.0 Å². The van der Waals surface area contributed by atoms with Gasteiger partial charge in [-0.3, -0.25) is 9.10 Å². The third-order valence-electron chi connectivity index (χ3n) is 5.31. The van der Waals surface area contributed by atoms with Crippen LogP contribution < -0.4 is 23.8 Å². The summed E-state index contributed by atoms with van der Waals surface area (Å²) < 4.78 is 47.7. The number of hydrogen-bond acceptors (Lipinski definition) is 9. The number of nitrogens with zero attached hydrogens (tertiary/aromatic N) is 3. The maximum absolute atomic E-state index is 12.4. The first-order chi connectivity index (χ1) is 17.3. The van der Waals surface area contributed by atoms with Crippen molar-refractivity contribution in [1.82, 2.24) is 15.5 Å². The molecule has 0 atom stereocenters. The van der Waals surface area contributed by atoms with Crippen molar-refractivity contribution in [2.45, 2.75) is 26.3 Å². The lowest BCUT2D eigenvalue weighted by atomic mass is 10.2. The van der Waals surface area contributed by atoms with Crippen LogP contribution in [0.25, 0.3) is 11.4 Å². The SMILES string of the molecule is CCOc1ccc(-c2noc(CNC(=O)CCCN(c3ccc4c(c3)OCCO4)S(C)(=O)=O)n2)cc1. The topological polar surface area (TPSA) is 133 Å². The number of sulfonamides is 1. The number of hydrogen-bond donors (Lipinski definition) is 1. The molecule has 36 heavy (non-hydrogen) atoms. The van der Waals surface area contributed by atoms with Gasteiger partial charge in [0.25, 0.3) is 0 Å². The molecular formula is C24H28N4O7S. The molecule has 4 rings (SSSR count). The van der Waals surface area contributed by atoms with Crippen LogP contribution in [0.3, 0.4) is 0 Å². The molecule has 1 aromatic heterocycles. The summed E-state index contributed by atoms with van der Waals surface area (Å²) in [5.74, 6) is 2.23. The highest BCUT2D eigenvalue weighted by Gasteiger charge is 2.21. The highest BCUT2D eigenvalue weighted by molar-refractivity contribution is 7.92. The van der Waals surface area contributed by atoms with Gasteiger partial charge in [0.05, 0.1) is 25.1 Å². The van der Waals surface area contributed by atoms with Crippen molar-refractivity contribution in [3.8, 4) is 28.6 Å². The van der Waals surface area contributed by atoms with Gasteiger partial charge >= 0.3 is 0 Å². The summed E-state index contributed by atoms with van der Waals surface area (Å²) in [4.78, 5) is 16.6. The minimum atomic E-state index is -3.56. The van der Waals surface area contributed by atoms with E-state index in [2.05, 4.69) is 15.5 Å². The molecule has 3 aromatic rings. The summed E-state index contributed by atoms with van der Waals surface area (Å²) in [6, 6.07) is 12.3. The van der Waals surface area contributed by atoms with Crippen LogP contribution in [0.4, 0.5) is 5.69 Å². The van der Waals surface area contributed by atoms with Crippen LogP contribution in [0.2, 0.25) is 0 Å². The Morgan fingerprint density at radius 1 is 1.11 bits per heavy atom. The number of anilines is 1. The standard InChI is InChI=1S/C24H28N4O7S/c1-3-32-19-9-6-17(7-10-19)24-26-23(35-27-24)16-25-22(29)5-4-12-28(36(2,30)31)18-8-11-20-21(15-18)34-14-13-33-20/h6-11,15H,3-5,12-14,16H2,1-2H3,(H,25,29). The van der Waals surface area contributed by atoms with Gasteiger partial charge in [0, 0.05) is 24.6 Å². The summed E-state index contributed by atoms with van der Waals surface area (Å²) >= 11 is 0. The van der Waals surface area contributed by atoms with Crippen LogP contribution in [0, 0.1) is 0 Å². The number of aromatic nitrogens is 2. The summed E-state index contributed by atoms with van der Waals surface area (Å²) in [5.41, 5.74) is 1.22. The van der Waals surface area contributed by atoms with Gasteiger partial charge in [-0.05, 0) is 49.7 Å². The van der Waals surface area contributed by atoms with Gasteiger partial charge < -0.3 is 24.1 Å². The molecule has 0 saturated heterocycles. The molecule has 1 aliphatic heterocycles. The molecule has 0 saturated carbocycles. The normalized spacial score (nSPS) is 12.7. The number of ether oxygens (including phenoxy) is 3. The molecule has 1 N–H and O–H groups in total. The molecule has 0 bridgehead atoms. The van der Waals surface area contributed by atoms with Gasteiger partial charge in [-0.25, -0.2) is 8.42 Å². The smallest absolute Gasteiger partial charge is 0.246 e. The van der Waals surface area contributed by atoms with Gasteiger partial charge in [-0.2, -0.15) is 4.98 Å². The second kappa shape index (κ2) is 11.3. The number of rotatable bonds is 11. The number of carbonyl (C=O) groups is 1. The fraction of sp³-hybridized carbons (Fsp3) is 0.375. The number of nitrogens with one attached hydrogen (secondary N) is 1. The van der Waals surface area contributed by atoms with Crippen LogP contribution >= 0.6 is 0 Å². The van der Waals surface area contributed by atoms with Crippen LogP contribution in [-0.4, -0.2) is 57.1 Å². The van der Waals surface area contributed by atoms with Crippen LogP contribution in [0.1, 0.15) is 25.7 Å². The first-order valence-corrected chi connectivity index (χ1v) is 13.4. The van der Waals surface area contributed by atoms with E-state index in [0.717, 1.165) is 17.6 Å². The average Bonchev–Trinajstić information content (AvgIpc) is 3.34. The Hall–Kier alpha value is -3.80. The average molecular weight is 517 g/mol. The number of fused-ring (bicyclic) bond motifs is 1. The Bertz CT molecular complexity index is 1290. The minimum absolute atomic E-state index is 0.0703. The maximum atomic E-state index is 12.4. The number of carbonyl (C=O) groups excluding carboxylic acids is 1. The van der Waals surface area contributed by atoms with Crippen molar-refractivity contribution >= 4 is 21.6 Å². The predicted octanol–water partition coefficient (Wildman–Crippen LogP) is 2.77. The summed E-state index contributed by atoms with van der Waals surface area (Å²) in [7, 11) is -3.56. The lowest BCUT2D eigenvalue weighted by Crippen LogP contribution is -2.32. The Kier molecular flexibility index (Phi) is 7.93. The minimum Gasteiger partial charge on any atom is -0.494 e. The zero-order valence-electron chi connectivity index (χ0n) is 20.1. The van der Waals surface area contributed by atoms with E-state index in [9.17, 15) is 13.2 Å². The van der Waals surface area contributed by atoms with Crippen molar-refractivity contribution in [1.29, 1.82) is 0 Å². The molecule has 2 aromatic carbocycles. The highest BCUT2D eigenvalue weighted by atomic mass is 32.2. The summed E-state index contributed by atoms with van der Waals surface area (Å²) in [6.07, 6.45) is 1.56. The lowest BCUT2D eigenvalue weighted by molar-refractivity contribution is -0.121. The molecule has 0 spiro atoms.